The largest absolute Gasteiger partial charge is 0.372 e. The molecule has 5 nitrogen and oxygen atoms in total. The van der Waals surface area contributed by atoms with Crippen LogP contribution in [0.1, 0.15) is 38.5 Å². The molecule has 1 aliphatic heterocycles. The highest BCUT2D eigenvalue weighted by molar-refractivity contribution is 5.78. The van der Waals surface area contributed by atoms with Gasteiger partial charge in [-0.1, -0.05) is 25.0 Å². The molecule has 0 atom stereocenters. The fourth-order valence-corrected chi connectivity index (χ4v) is 4.25. The minimum atomic E-state index is 0.281. The van der Waals surface area contributed by atoms with Crippen molar-refractivity contribution in [1.29, 1.82) is 0 Å². The third kappa shape index (κ3) is 3.92. The summed E-state index contributed by atoms with van der Waals surface area (Å²) >= 11 is 0. The lowest BCUT2D eigenvalue weighted by atomic mass is 9.95. The molecule has 2 N–H and O–H groups in total. The van der Waals surface area contributed by atoms with E-state index in [4.69, 9.17) is 0 Å². The molecule has 5 heteroatoms. The summed E-state index contributed by atoms with van der Waals surface area (Å²) in [6, 6.07) is 8.72. The van der Waals surface area contributed by atoms with E-state index in [1.807, 2.05) is 12.4 Å². The number of nitrogens with one attached hydrogen (secondary N) is 2. The van der Waals surface area contributed by atoms with Crippen LogP contribution in [0.4, 0.5) is 5.69 Å². The fraction of sp³-hybridized carbons (Fsp3) is 0.524. The molecule has 2 aromatic rings. The first-order chi connectivity index (χ1) is 12.8. The summed E-state index contributed by atoms with van der Waals surface area (Å²) in [7, 11) is 0. The Morgan fingerprint density at radius 3 is 2.46 bits per heavy atom. The number of piperidine rings is 1. The molecule has 1 saturated carbocycles. The number of aromatic nitrogens is 2. The van der Waals surface area contributed by atoms with E-state index in [2.05, 4.69) is 44.7 Å². The smallest absolute Gasteiger partial charge is 0.223 e. The summed E-state index contributed by atoms with van der Waals surface area (Å²) < 4.78 is 0. The van der Waals surface area contributed by atoms with Gasteiger partial charge in [0.2, 0.25) is 5.91 Å². The van der Waals surface area contributed by atoms with Crippen molar-refractivity contribution in [1.82, 2.24) is 15.5 Å². The number of anilines is 1. The molecule has 0 bridgehead atoms. The molecule has 26 heavy (non-hydrogen) atoms. The molecule has 1 aromatic carbocycles. The highest BCUT2D eigenvalue weighted by Gasteiger charge is 2.24. The zero-order valence-corrected chi connectivity index (χ0v) is 15.3. The van der Waals surface area contributed by atoms with Gasteiger partial charge in [-0.3, -0.25) is 9.89 Å². The molecule has 1 saturated heterocycles. The molecule has 0 radical (unpaired) electrons. The number of benzene rings is 1. The van der Waals surface area contributed by atoms with Crippen LogP contribution < -0.4 is 10.2 Å². The Balaban J connectivity index is 1.25. The van der Waals surface area contributed by atoms with E-state index in [0.717, 1.165) is 50.9 Å². The van der Waals surface area contributed by atoms with Gasteiger partial charge in [0.05, 0.1) is 6.20 Å². The van der Waals surface area contributed by atoms with Crippen molar-refractivity contribution in [2.24, 2.45) is 11.8 Å². The van der Waals surface area contributed by atoms with Gasteiger partial charge in [0.1, 0.15) is 0 Å². The molecule has 2 heterocycles. The predicted molar refractivity (Wildman–Crippen MR) is 104 cm³/mol. The van der Waals surface area contributed by atoms with E-state index >= 15 is 0 Å². The number of H-pyrrole nitrogens is 1. The minimum absolute atomic E-state index is 0.281. The molecule has 138 valence electrons. The number of carbonyl (C=O) groups excluding carboxylic acids is 1. The van der Waals surface area contributed by atoms with Crippen molar-refractivity contribution in [3.63, 3.8) is 0 Å². The van der Waals surface area contributed by atoms with Gasteiger partial charge in [-0.15, -0.1) is 0 Å². The van der Waals surface area contributed by atoms with Crippen molar-refractivity contribution < 1.29 is 4.79 Å². The molecule has 1 aromatic heterocycles. The van der Waals surface area contributed by atoms with Crippen molar-refractivity contribution in [2.45, 2.75) is 38.5 Å². The molecule has 2 aliphatic rings. The van der Waals surface area contributed by atoms with E-state index in [1.165, 1.54) is 24.1 Å². The first-order valence-electron chi connectivity index (χ1n) is 9.91. The van der Waals surface area contributed by atoms with Crippen molar-refractivity contribution >= 4 is 11.6 Å². The Bertz CT molecular complexity index is 696. The predicted octanol–water partition coefficient (Wildman–Crippen LogP) is 3.60. The van der Waals surface area contributed by atoms with Crippen molar-refractivity contribution in [2.75, 3.05) is 24.5 Å². The molecule has 1 amide bonds. The SMILES string of the molecule is O=C(NCC1CCN(c2ccc(-c3cn[nH]c3)cc2)CC1)C1CCCC1. The zero-order chi connectivity index (χ0) is 17.8. The maximum Gasteiger partial charge on any atom is 0.223 e. The molecule has 0 spiro atoms. The molecular weight excluding hydrogens is 324 g/mol. The number of aromatic amines is 1. The summed E-state index contributed by atoms with van der Waals surface area (Å²) in [4.78, 5) is 14.6. The molecule has 1 aliphatic carbocycles. The number of carbonyl (C=O) groups is 1. The Morgan fingerprint density at radius 1 is 1.08 bits per heavy atom. The van der Waals surface area contributed by atoms with E-state index in [1.54, 1.807) is 0 Å². The Labute approximate surface area is 155 Å². The van der Waals surface area contributed by atoms with Gasteiger partial charge in [0.25, 0.3) is 0 Å². The number of hydrogen-bond acceptors (Lipinski definition) is 3. The average molecular weight is 352 g/mol. The van der Waals surface area contributed by atoms with Crippen LogP contribution >= 0.6 is 0 Å². The van der Waals surface area contributed by atoms with E-state index < -0.39 is 0 Å². The Morgan fingerprint density at radius 2 is 1.81 bits per heavy atom. The number of amides is 1. The van der Waals surface area contributed by atoms with Crippen LogP contribution in [0.3, 0.4) is 0 Å². The van der Waals surface area contributed by atoms with E-state index in [9.17, 15) is 4.79 Å². The summed E-state index contributed by atoms with van der Waals surface area (Å²) in [6.45, 7) is 2.98. The lowest BCUT2D eigenvalue weighted by Crippen LogP contribution is -2.39. The summed E-state index contributed by atoms with van der Waals surface area (Å²) in [5.74, 6) is 1.19. The second kappa shape index (κ2) is 7.94. The molecule has 4 rings (SSSR count). The molecule has 0 unspecified atom stereocenters. The average Bonchev–Trinajstić information content (AvgIpc) is 3.41. The zero-order valence-electron chi connectivity index (χ0n) is 15.3. The third-order valence-corrected chi connectivity index (χ3v) is 5.97. The molecular formula is C21H28N4O. The Hall–Kier alpha value is -2.30. The summed E-state index contributed by atoms with van der Waals surface area (Å²) in [6.07, 6.45) is 10.7. The standard InChI is InChI=1S/C21H28N4O/c26-21(18-3-1-2-4-18)22-13-16-9-11-25(12-10-16)20-7-5-17(6-8-20)19-14-23-24-15-19/h5-8,14-16,18H,1-4,9-13H2,(H,22,26)(H,23,24). The first-order valence-corrected chi connectivity index (χ1v) is 9.91. The normalized spacial score (nSPS) is 19.0. The van der Waals surface area contributed by atoms with Gasteiger partial charge < -0.3 is 10.2 Å². The third-order valence-electron chi connectivity index (χ3n) is 5.97. The second-order valence-corrected chi connectivity index (χ2v) is 7.69. The van der Waals surface area contributed by atoms with Crippen LogP contribution in [0.2, 0.25) is 0 Å². The van der Waals surface area contributed by atoms with Crippen molar-refractivity contribution in [3.05, 3.63) is 36.7 Å². The lowest BCUT2D eigenvalue weighted by molar-refractivity contribution is -0.125. The van der Waals surface area contributed by atoms with Gasteiger partial charge in [0.15, 0.2) is 0 Å². The van der Waals surface area contributed by atoms with Crippen molar-refractivity contribution in [3.8, 4) is 11.1 Å². The fourth-order valence-electron chi connectivity index (χ4n) is 4.25. The van der Waals surface area contributed by atoms with Gasteiger partial charge in [-0.05, 0) is 49.3 Å². The van der Waals surface area contributed by atoms with Gasteiger partial charge in [-0.25, -0.2) is 0 Å². The quantitative estimate of drug-likeness (QED) is 0.864. The summed E-state index contributed by atoms with van der Waals surface area (Å²) in [5, 5.41) is 10.1. The van der Waals surface area contributed by atoms with Crippen LogP contribution in [-0.2, 0) is 4.79 Å². The highest BCUT2D eigenvalue weighted by Crippen LogP contribution is 2.27. The van der Waals surface area contributed by atoms with Crippen LogP contribution in [0.15, 0.2) is 36.7 Å². The van der Waals surface area contributed by atoms with E-state index in [-0.39, 0.29) is 5.92 Å². The molecule has 2 fully saturated rings. The highest BCUT2D eigenvalue weighted by atomic mass is 16.1. The van der Waals surface area contributed by atoms with Gasteiger partial charge in [-0.2, -0.15) is 5.10 Å². The second-order valence-electron chi connectivity index (χ2n) is 7.69. The lowest BCUT2D eigenvalue weighted by Gasteiger charge is -2.34. The minimum Gasteiger partial charge on any atom is -0.372 e. The maximum atomic E-state index is 12.2. The number of nitrogens with zero attached hydrogens (tertiary/aromatic N) is 2. The topological polar surface area (TPSA) is 61.0 Å². The maximum absolute atomic E-state index is 12.2. The van der Waals surface area contributed by atoms with Crippen LogP contribution in [-0.4, -0.2) is 35.7 Å². The summed E-state index contributed by atoms with van der Waals surface area (Å²) in [5.41, 5.74) is 3.59. The Kier molecular flexibility index (Phi) is 5.23. The van der Waals surface area contributed by atoms with Crippen LogP contribution in [0.25, 0.3) is 11.1 Å². The van der Waals surface area contributed by atoms with E-state index in [0.29, 0.717) is 11.8 Å². The van der Waals surface area contributed by atoms with Gasteiger partial charge >= 0.3 is 0 Å². The number of rotatable bonds is 5. The number of hydrogen-bond donors (Lipinski definition) is 2. The van der Waals surface area contributed by atoms with Crippen LogP contribution in [0.5, 0.6) is 0 Å². The first kappa shape index (κ1) is 17.1. The van der Waals surface area contributed by atoms with Gasteiger partial charge in [0, 0.05) is 43.0 Å². The van der Waals surface area contributed by atoms with Crippen LogP contribution in [0, 0.1) is 11.8 Å². The monoisotopic (exact) mass is 352 g/mol.